The maximum Gasteiger partial charge on any atom is 0.327 e. The zero-order valence-electron chi connectivity index (χ0n) is 17.7. The number of ether oxygens (including phenoxy) is 1. The summed E-state index contributed by atoms with van der Waals surface area (Å²) in [6, 6.07) is 8.75. The van der Waals surface area contributed by atoms with Crippen molar-refractivity contribution in [1.29, 1.82) is 0 Å². The van der Waals surface area contributed by atoms with E-state index in [9.17, 15) is 4.79 Å². The monoisotopic (exact) mass is 527 g/mol. The number of halogens is 1. The predicted molar refractivity (Wildman–Crippen MR) is 127 cm³/mol. The van der Waals surface area contributed by atoms with E-state index in [-0.39, 0.29) is 42.5 Å². The molecule has 1 aliphatic rings. The number of benzene rings is 1. The summed E-state index contributed by atoms with van der Waals surface area (Å²) in [5, 5.41) is 14.6. The molecule has 9 nitrogen and oxygen atoms in total. The molecule has 1 atom stereocenters. The first-order chi connectivity index (χ1) is 14.1. The Morgan fingerprint density at radius 2 is 2.10 bits per heavy atom. The molecule has 1 fully saturated rings. The van der Waals surface area contributed by atoms with Gasteiger partial charge in [0.1, 0.15) is 12.2 Å². The van der Waals surface area contributed by atoms with E-state index in [1.807, 2.05) is 0 Å². The number of methoxy groups -OCH3 is 1. The van der Waals surface area contributed by atoms with Gasteiger partial charge < -0.3 is 20.3 Å². The third-order valence-electron chi connectivity index (χ3n) is 4.96. The highest BCUT2D eigenvalue weighted by atomic mass is 127. The second-order valence-electron chi connectivity index (χ2n) is 7.06. The minimum atomic E-state index is -0.364. The van der Waals surface area contributed by atoms with Crippen LogP contribution in [0.25, 0.3) is 0 Å². The van der Waals surface area contributed by atoms with Gasteiger partial charge in [0, 0.05) is 25.8 Å². The Balaban J connectivity index is 0.00000320. The summed E-state index contributed by atoms with van der Waals surface area (Å²) in [5.74, 6) is 0.309. The quantitative estimate of drug-likeness (QED) is 0.247. The standard InChI is InChI=1S/C20H29N7O2.HI/c1-15(16-7-6-8-18(11-16)26-9-4-5-10-26)23-20(21-2)22-12-17-13-27(25-24-17)14-19(28)29-3;/h6-8,11,13,15H,4-5,9-10,12,14H2,1-3H3,(H2,21,22,23);1H. The molecular weight excluding hydrogens is 497 g/mol. The first-order valence-corrected chi connectivity index (χ1v) is 9.87. The van der Waals surface area contributed by atoms with Gasteiger partial charge in [0.05, 0.1) is 25.9 Å². The summed E-state index contributed by atoms with van der Waals surface area (Å²) in [7, 11) is 3.08. The lowest BCUT2D eigenvalue weighted by Crippen LogP contribution is -2.38. The molecule has 1 unspecified atom stereocenters. The SMILES string of the molecule is CN=C(NCc1cn(CC(=O)OC)nn1)NC(C)c1cccc(N2CCCC2)c1.I. The van der Waals surface area contributed by atoms with Crippen molar-refractivity contribution in [3.05, 3.63) is 41.7 Å². The van der Waals surface area contributed by atoms with Crippen molar-refractivity contribution in [1.82, 2.24) is 25.6 Å². The van der Waals surface area contributed by atoms with Crippen molar-refractivity contribution in [3.63, 3.8) is 0 Å². The number of hydrogen-bond acceptors (Lipinski definition) is 6. The van der Waals surface area contributed by atoms with Gasteiger partial charge in [-0.05, 0) is 37.5 Å². The molecule has 1 aromatic carbocycles. The number of anilines is 1. The van der Waals surface area contributed by atoms with E-state index < -0.39 is 0 Å². The molecule has 0 radical (unpaired) electrons. The maximum atomic E-state index is 11.3. The zero-order chi connectivity index (χ0) is 20.6. The number of aliphatic imine (C=N–C) groups is 1. The fourth-order valence-corrected chi connectivity index (χ4v) is 3.32. The van der Waals surface area contributed by atoms with E-state index in [4.69, 9.17) is 0 Å². The van der Waals surface area contributed by atoms with Crippen LogP contribution in [-0.2, 0) is 22.6 Å². The number of aromatic nitrogens is 3. The third-order valence-corrected chi connectivity index (χ3v) is 4.96. The second-order valence-corrected chi connectivity index (χ2v) is 7.06. The highest BCUT2D eigenvalue weighted by molar-refractivity contribution is 14.0. The molecule has 10 heteroatoms. The molecule has 0 amide bonds. The average Bonchev–Trinajstić information content (AvgIpc) is 3.43. The Bertz CT molecular complexity index is 849. The lowest BCUT2D eigenvalue weighted by molar-refractivity contribution is -0.141. The van der Waals surface area contributed by atoms with Crippen molar-refractivity contribution in [2.24, 2.45) is 4.99 Å². The first kappa shape index (κ1) is 23.9. The van der Waals surface area contributed by atoms with Crippen LogP contribution in [0.4, 0.5) is 5.69 Å². The van der Waals surface area contributed by atoms with E-state index >= 15 is 0 Å². The predicted octanol–water partition coefficient (Wildman–Crippen LogP) is 2.10. The number of hydrogen-bond donors (Lipinski definition) is 2. The fraction of sp³-hybridized carbons (Fsp3) is 0.500. The number of nitrogens with one attached hydrogen (secondary N) is 2. The highest BCUT2D eigenvalue weighted by Gasteiger charge is 2.15. The molecule has 2 N–H and O–H groups in total. The molecule has 2 aromatic rings. The van der Waals surface area contributed by atoms with Crippen LogP contribution in [-0.4, -0.2) is 54.2 Å². The molecule has 0 saturated carbocycles. The Morgan fingerprint density at radius 1 is 1.33 bits per heavy atom. The molecule has 0 aliphatic carbocycles. The van der Waals surface area contributed by atoms with Crippen LogP contribution in [0.3, 0.4) is 0 Å². The summed E-state index contributed by atoms with van der Waals surface area (Å²) < 4.78 is 6.08. The molecule has 1 aliphatic heterocycles. The number of esters is 1. The van der Waals surface area contributed by atoms with Gasteiger partial charge in [-0.25, -0.2) is 4.68 Å². The van der Waals surface area contributed by atoms with E-state index in [0.29, 0.717) is 18.2 Å². The third kappa shape index (κ3) is 6.57. The van der Waals surface area contributed by atoms with Gasteiger partial charge in [0.2, 0.25) is 0 Å². The molecule has 1 saturated heterocycles. The van der Waals surface area contributed by atoms with E-state index in [2.05, 4.69) is 66.8 Å². The second kappa shape index (κ2) is 11.7. The lowest BCUT2D eigenvalue weighted by Gasteiger charge is -2.22. The number of carbonyl (C=O) groups is 1. The summed E-state index contributed by atoms with van der Waals surface area (Å²) in [6.07, 6.45) is 4.23. The zero-order valence-corrected chi connectivity index (χ0v) is 20.0. The summed E-state index contributed by atoms with van der Waals surface area (Å²) in [4.78, 5) is 18.0. The van der Waals surface area contributed by atoms with Crippen LogP contribution >= 0.6 is 24.0 Å². The van der Waals surface area contributed by atoms with Gasteiger partial charge >= 0.3 is 5.97 Å². The number of nitrogens with zero attached hydrogens (tertiary/aromatic N) is 5. The Labute approximate surface area is 194 Å². The Kier molecular flexibility index (Phi) is 9.34. The van der Waals surface area contributed by atoms with Crippen LogP contribution in [0, 0.1) is 0 Å². The fourth-order valence-electron chi connectivity index (χ4n) is 3.32. The molecule has 2 heterocycles. The summed E-state index contributed by atoms with van der Waals surface area (Å²) in [6.45, 7) is 4.86. The van der Waals surface area contributed by atoms with Gasteiger partial charge in [-0.3, -0.25) is 9.79 Å². The van der Waals surface area contributed by atoms with Gasteiger partial charge in [0.25, 0.3) is 0 Å². The minimum absolute atomic E-state index is 0. The number of carbonyl (C=O) groups excluding carboxylic acids is 1. The van der Waals surface area contributed by atoms with E-state index in [1.165, 1.54) is 35.9 Å². The van der Waals surface area contributed by atoms with Crippen LogP contribution in [0.2, 0.25) is 0 Å². The number of guanidine groups is 1. The molecule has 1 aromatic heterocycles. The largest absolute Gasteiger partial charge is 0.468 e. The van der Waals surface area contributed by atoms with Gasteiger partial charge in [-0.15, -0.1) is 29.1 Å². The summed E-state index contributed by atoms with van der Waals surface area (Å²) in [5.41, 5.74) is 3.20. The van der Waals surface area contributed by atoms with Crippen molar-refractivity contribution in [2.45, 2.75) is 38.9 Å². The molecule has 30 heavy (non-hydrogen) atoms. The average molecular weight is 527 g/mol. The Morgan fingerprint density at radius 3 is 2.80 bits per heavy atom. The van der Waals surface area contributed by atoms with E-state index in [0.717, 1.165) is 13.1 Å². The maximum absolute atomic E-state index is 11.3. The summed E-state index contributed by atoms with van der Waals surface area (Å²) >= 11 is 0. The van der Waals surface area contributed by atoms with Crippen LogP contribution in [0.1, 0.15) is 37.1 Å². The van der Waals surface area contributed by atoms with Gasteiger partial charge in [-0.2, -0.15) is 0 Å². The van der Waals surface area contributed by atoms with Crippen molar-refractivity contribution in [2.75, 3.05) is 32.1 Å². The van der Waals surface area contributed by atoms with Crippen LogP contribution in [0.5, 0.6) is 0 Å². The van der Waals surface area contributed by atoms with Gasteiger partial charge in [0.15, 0.2) is 5.96 Å². The number of rotatable bonds is 7. The normalized spacial score (nSPS) is 14.8. The van der Waals surface area contributed by atoms with Gasteiger partial charge in [-0.1, -0.05) is 17.3 Å². The lowest BCUT2D eigenvalue weighted by atomic mass is 10.1. The van der Waals surface area contributed by atoms with Crippen molar-refractivity contribution >= 4 is 41.6 Å². The molecule has 0 bridgehead atoms. The molecule has 0 spiro atoms. The smallest absolute Gasteiger partial charge is 0.327 e. The van der Waals surface area contributed by atoms with Crippen LogP contribution in [0.15, 0.2) is 35.5 Å². The highest BCUT2D eigenvalue weighted by Crippen LogP contribution is 2.23. The molecule has 164 valence electrons. The topological polar surface area (TPSA) is 96.7 Å². The van der Waals surface area contributed by atoms with E-state index in [1.54, 1.807) is 13.2 Å². The van der Waals surface area contributed by atoms with Crippen LogP contribution < -0.4 is 15.5 Å². The van der Waals surface area contributed by atoms with Crippen molar-refractivity contribution < 1.29 is 9.53 Å². The molecular formula is C20H30IN7O2. The minimum Gasteiger partial charge on any atom is -0.468 e. The Hall–Kier alpha value is -2.37. The first-order valence-electron chi connectivity index (χ1n) is 9.87. The van der Waals surface area contributed by atoms with Crippen molar-refractivity contribution in [3.8, 4) is 0 Å². The molecule has 3 rings (SSSR count).